The third-order valence-corrected chi connectivity index (χ3v) is 7.19. The van der Waals surface area contributed by atoms with Crippen molar-refractivity contribution in [3.63, 3.8) is 0 Å². The number of allylic oxidation sites excluding steroid dienone is 8. The molecule has 0 aromatic rings. The number of hydrogen-bond acceptors (Lipinski definition) is 5. The van der Waals surface area contributed by atoms with Crippen molar-refractivity contribution >= 4 is 12.1 Å². The molecule has 1 unspecified atom stereocenters. The monoisotopic (exact) mass is 487 g/mol. The molecule has 1 atom stereocenters. The highest BCUT2D eigenvalue weighted by Crippen LogP contribution is 2.33. The first-order chi connectivity index (χ1) is 17.2. The van der Waals surface area contributed by atoms with Crippen LogP contribution in [0.15, 0.2) is 75.6 Å². The molecule has 2 fully saturated rings. The number of rotatable bonds is 9. The Morgan fingerprint density at radius 3 is 2.64 bits per heavy atom. The molecule has 1 amide bonds. The van der Waals surface area contributed by atoms with Crippen LogP contribution in [0.25, 0.3) is 0 Å². The molecule has 0 aromatic heterocycles. The molecule has 6 nitrogen and oxygen atoms in total. The molecule has 1 N–H and O–H groups in total. The number of piperazine rings is 1. The van der Waals surface area contributed by atoms with Gasteiger partial charge in [0.25, 0.3) is 0 Å². The normalized spacial score (nSPS) is 23.8. The topological polar surface area (TPSA) is 71.7 Å². The minimum absolute atomic E-state index is 0.0222. The summed E-state index contributed by atoms with van der Waals surface area (Å²) in [5.74, 6) is 0.0222. The molecule has 2 aliphatic carbocycles. The van der Waals surface area contributed by atoms with Crippen LogP contribution in [0, 0.1) is 16.7 Å². The summed E-state index contributed by atoms with van der Waals surface area (Å²) in [5.41, 5.74) is 5.37. The highest BCUT2D eigenvalue weighted by Gasteiger charge is 2.33. The van der Waals surface area contributed by atoms with E-state index in [1.807, 2.05) is 57.0 Å². The van der Waals surface area contributed by atoms with Crippen molar-refractivity contribution in [2.24, 2.45) is 10.4 Å². The average molecular weight is 488 g/mol. The summed E-state index contributed by atoms with van der Waals surface area (Å²) in [6.45, 7) is 18.5. The quantitative estimate of drug-likeness (QED) is 0.280. The molecule has 1 saturated carbocycles. The molecule has 0 bridgehead atoms. The van der Waals surface area contributed by atoms with Gasteiger partial charge in [0.15, 0.2) is 0 Å². The van der Waals surface area contributed by atoms with Crippen molar-refractivity contribution in [3.8, 4) is 6.07 Å². The average Bonchev–Trinajstić information content (AvgIpc) is 3.71. The number of amides is 1. The maximum absolute atomic E-state index is 13.4. The molecule has 6 heteroatoms. The van der Waals surface area contributed by atoms with Gasteiger partial charge in [-0.15, -0.1) is 0 Å². The van der Waals surface area contributed by atoms with Crippen LogP contribution in [0.5, 0.6) is 0 Å². The Labute approximate surface area is 217 Å². The molecule has 1 heterocycles. The van der Waals surface area contributed by atoms with E-state index in [1.54, 1.807) is 6.08 Å². The van der Waals surface area contributed by atoms with Crippen molar-refractivity contribution in [2.75, 3.05) is 32.7 Å². The smallest absolute Gasteiger partial charge is 0.247 e. The van der Waals surface area contributed by atoms with Crippen molar-refractivity contribution in [2.45, 2.75) is 59.9 Å². The molecule has 3 aliphatic rings. The van der Waals surface area contributed by atoms with Crippen LogP contribution < -0.4 is 5.32 Å². The molecule has 0 spiro atoms. The second-order valence-corrected chi connectivity index (χ2v) is 10.3. The summed E-state index contributed by atoms with van der Waals surface area (Å²) in [6, 6.07) is 2.67. The fourth-order valence-corrected chi connectivity index (χ4v) is 4.70. The van der Waals surface area contributed by atoms with Crippen molar-refractivity contribution in [3.05, 3.63) is 70.6 Å². The van der Waals surface area contributed by atoms with E-state index >= 15 is 0 Å². The highest BCUT2D eigenvalue weighted by molar-refractivity contribution is 5.90. The standard InChI is InChI=1S/C30H41N5O/c1-7-28(24(4)25(5)33-19-23(3)34-15-13-32-14-16-34)22(2)17-29(36)35(27-10-11-27)20-26-9-8-12-30(6,18-26)21-31/h7-9,17-19,27,32H,3,10-16,20H2,1-2,4-6H3/b22-17+,25-24+,28-7-,33-19-. The van der Waals surface area contributed by atoms with E-state index in [9.17, 15) is 10.1 Å². The predicted molar refractivity (Wildman–Crippen MR) is 148 cm³/mol. The first-order valence-corrected chi connectivity index (χ1v) is 13.0. The minimum atomic E-state index is -0.498. The Kier molecular flexibility index (Phi) is 9.28. The van der Waals surface area contributed by atoms with Crippen LogP contribution in [0.2, 0.25) is 0 Å². The van der Waals surface area contributed by atoms with Gasteiger partial charge in [-0.25, -0.2) is 0 Å². The van der Waals surface area contributed by atoms with Crippen LogP contribution in [0.1, 0.15) is 53.9 Å². The van der Waals surface area contributed by atoms with E-state index in [0.29, 0.717) is 13.0 Å². The second-order valence-electron chi connectivity index (χ2n) is 10.3. The Hall–Kier alpha value is -3.17. The Balaban J connectivity index is 1.73. The molecule has 3 rings (SSSR count). The zero-order valence-corrected chi connectivity index (χ0v) is 22.6. The molecule has 1 saturated heterocycles. The summed E-state index contributed by atoms with van der Waals surface area (Å²) in [6.07, 6.45) is 14.5. The Morgan fingerprint density at radius 2 is 2.03 bits per heavy atom. The molecular weight excluding hydrogens is 446 g/mol. The molecule has 0 radical (unpaired) electrons. The zero-order chi connectivity index (χ0) is 26.3. The van der Waals surface area contributed by atoms with Gasteiger partial charge in [0.05, 0.1) is 11.5 Å². The van der Waals surface area contributed by atoms with Crippen LogP contribution in [-0.2, 0) is 4.79 Å². The Bertz CT molecular complexity index is 1090. The number of carbonyl (C=O) groups is 1. The van der Waals surface area contributed by atoms with Crippen LogP contribution >= 0.6 is 0 Å². The lowest BCUT2D eigenvalue weighted by Gasteiger charge is -2.29. The fourth-order valence-electron chi connectivity index (χ4n) is 4.70. The zero-order valence-electron chi connectivity index (χ0n) is 22.6. The Morgan fingerprint density at radius 1 is 1.33 bits per heavy atom. The second kappa shape index (κ2) is 12.2. The SMILES string of the molecule is C=C(\C=N/C(C)=C(C)/C(=C\C)C(/C)=C/C(=O)N(CC1=CC(C)(C#N)CC=C1)C1CC1)N1CCNCC1. The lowest BCUT2D eigenvalue weighted by Crippen LogP contribution is -2.42. The molecule has 192 valence electrons. The van der Waals surface area contributed by atoms with Gasteiger partial charge in [0.1, 0.15) is 0 Å². The maximum atomic E-state index is 13.4. The van der Waals surface area contributed by atoms with Gasteiger partial charge in [-0.2, -0.15) is 5.26 Å². The summed E-state index contributed by atoms with van der Waals surface area (Å²) in [7, 11) is 0. The van der Waals surface area contributed by atoms with Gasteiger partial charge >= 0.3 is 0 Å². The molecule has 36 heavy (non-hydrogen) atoms. The first-order valence-electron chi connectivity index (χ1n) is 13.0. The lowest BCUT2D eigenvalue weighted by atomic mass is 9.83. The molecule has 0 aromatic carbocycles. The number of carbonyl (C=O) groups excluding carboxylic acids is 1. The van der Waals surface area contributed by atoms with E-state index in [1.165, 1.54) is 0 Å². The van der Waals surface area contributed by atoms with Gasteiger partial charge in [-0.1, -0.05) is 30.9 Å². The largest absolute Gasteiger partial charge is 0.368 e. The summed E-state index contributed by atoms with van der Waals surface area (Å²) >= 11 is 0. The lowest BCUT2D eigenvalue weighted by molar-refractivity contribution is -0.126. The maximum Gasteiger partial charge on any atom is 0.247 e. The van der Waals surface area contributed by atoms with Gasteiger partial charge in [-0.3, -0.25) is 9.79 Å². The van der Waals surface area contributed by atoms with E-state index < -0.39 is 5.41 Å². The van der Waals surface area contributed by atoms with Crippen molar-refractivity contribution in [1.82, 2.24) is 15.1 Å². The number of nitrogens with one attached hydrogen (secondary N) is 1. The summed E-state index contributed by atoms with van der Waals surface area (Å²) in [5, 5.41) is 12.9. The molecule has 1 aliphatic heterocycles. The highest BCUT2D eigenvalue weighted by atomic mass is 16.2. The number of nitrogens with zero attached hydrogens (tertiary/aromatic N) is 4. The van der Waals surface area contributed by atoms with E-state index in [4.69, 9.17) is 4.99 Å². The van der Waals surface area contributed by atoms with Gasteiger partial charge in [0.2, 0.25) is 5.91 Å². The third kappa shape index (κ3) is 7.18. The van der Waals surface area contributed by atoms with E-state index in [0.717, 1.165) is 72.7 Å². The van der Waals surface area contributed by atoms with E-state index in [2.05, 4.69) is 35.9 Å². The van der Waals surface area contributed by atoms with Crippen molar-refractivity contribution < 1.29 is 4.79 Å². The summed E-state index contributed by atoms with van der Waals surface area (Å²) in [4.78, 5) is 22.3. The van der Waals surface area contributed by atoms with Crippen LogP contribution in [0.3, 0.4) is 0 Å². The fraction of sp³-hybridized carbons (Fsp3) is 0.500. The number of aliphatic imine (C=N–C) groups is 1. The van der Waals surface area contributed by atoms with Gasteiger partial charge < -0.3 is 15.1 Å². The van der Waals surface area contributed by atoms with E-state index in [-0.39, 0.29) is 11.9 Å². The van der Waals surface area contributed by atoms with Gasteiger partial charge in [-0.05, 0) is 76.2 Å². The van der Waals surface area contributed by atoms with Crippen LogP contribution in [0.4, 0.5) is 0 Å². The predicted octanol–water partition coefficient (Wildman–Crippen LogP) is 5.07. The van der Waals surface area contributed by atoms with Crippen molar-refractivity contribution in [1.29, 1.82) is 5.26 Å². The number of hydrogen-bond donors (Lipinski definition) is 1. The number of nitriles is 1. The van der Waals surface area contributed by atoms with Crippen LogP contribution in [-0.4, -0.2) is 60.7 Å². The minimum Gasteiger partial charge on any atom is -0.368 e. The summed E-state index contributed by atoms with van der Waals surface area (Å²) < 4.78 is 0. The van der Waals surface area contributed by atoms with Gasteiger partial charge in [0, 0.05) is 62.5 Å². The first kappa shape index (κ1) is 27.4. The third-order valence-electron chi connectivity index (χ3n) is 7.19. The molecular formula is C30H41N5O.